The van der Waals surface area contributed by atoms with Gasteiger partial charge in [-0.1, -0.05) is 22.9 Å². The summed E-state index contributed by atoms with van der Waals surface area (Å²) in [6.07, 6.45) is 4.84. The van der Waals surface area contributed by atoms with Crippen LogP contribution in [0.5, 0.6) is 0 Å². The van der Waals surface area contributed by atoms with Crippen LogP contribution in [0.4, 0.5) is 5.69 Å². The minimum atomic E-state index is -3.14. The molecule has 5 nitrogen and oxygen atoms in total. The standard InChI is InChI=1S/C17H22BrN3O2S/c1-3-21(24(2,22)23)14-7-10-20(11-8-14)17-6-9-19-16-12-13(18)4-5-15(16)17/h4-6,9,12,14H,3,7-8,10-11H2,1-2H3. The predicted molar refractivity (Wildman–Crippen MR) is 102 cm³/mol. The zero-order valence-electron chi connectivity index (χ0n) is 13.9. The van der Waals surface area contributed by atoms with E-state index < -0.39 is 10.0 Å². The maximum atomic E-state index is 11.9. The average molecular weight is 412 g/mol. The van der Waals surface area contributed by atoms with Crippen molar-refractivity contribution in [2.75, 3.05) is 30.8 Å². The number of rotatable bonds is 4. The Kier molecular flexibility index (Phi) is 5.13. The molecule has 0 radical (unpaired) electrons. The molecule has 0 aliphatic carbocycles. The van der Waals surface area contributed by atoms with E-state index in [0.717, 1.165) is 41.3 Å². The van der Waals surface area contributed by atoms with Crippen molar-refractivity contribution in [3.8, 4) is 0 Å². The zero-order chi connectivity index (χ0) is 17.3. The first-order valence-electron chi connectivity index (χ1n) is 8.16. The SMILES string of the molecule is CCN(C1CCN(c2ccnc3cc(Br)ccc23)CC1)S(C)(=O)=O. The molecule has 1 fully saturated rings. The van der Waals surface area contributed by atoms with E-state index in [1.807, 2.05) is 31.3 Å². The zero-order valence-corrected chi connectivity index (χ0v) is 16.3. The van der Waals surface area contributed by atoms with Gasteiger partial charge in [0.15, 0.2) is 0 Å². The highest BCUT2D eigenvalue weighted by Gasteiger charge is 2.29. The smallest absolute Gasteiger partial charge is 0.211 e. The molecule has 24 heavy (non-hydrogen) atoms. The van der Waals surface area contributed by atoms with Gasteiger partial charge in [-0.2, -0.15) is 4.31 Å². The first-order chi connectivity index (χ1) is 11.4. The van der Waals surface area contributed by atoms with Crippen molar-refractivity contribution < 1.29 is 8.42 Å². The quantitative estimate of drug-likeness (QED) is 0.774. The molecule has 3 rings (SSSR count). The Morgan fingerprint density at radius 1 is 1.29 bits per heavy atom. The maximum absolute atomic E-state index is 11.9. The van der Waals surface area contributed by atoms with Gasteiger partial charge in [-0.3, -0.25) is 4.98 Å². The Labute approximate surface area is 151 Å². The topological polar surface area (TPSA) is 53.5 Å². The lowest BCUT2D eigenvalue weighted by atomic mass is 10.0. The number of nitrogens with zero attached hydrogens (tertiary/aromatic N) is 3. The predicted octanol–water partition coefficient (Wildman–Crippen LogP) is 3.25. The molecule has 1 aromatic heterocycles. The van der Waals surface area contributed by atoms with Crippen molar-refractivity contribution >= 4 is 42.5 Å². The van der Waals surface area contributed by atoms with Gasteiger partial charge in [-0.05, 0) is 37.1 Å². The van der Waals surface area contributed by atoms with Crippen LogP contribution in [0.2, 0.25) is 0 Å². The van der Waals surface area contributed by atoms with Gasteiger partial charge >= 0.3 is 0 Å². The van der Waals surface area contributed by atoms with Gasteiger partial charge < -0.3 is 4.90 Å². The largest absolute Gasteiger partial charge is 0.371 e. The highest BCUT2D eigenvalue weighted by atomic mass is 79.9. The minimum Gasteiger partial charge on any atom is -0.371 e. The number of hydrogen-bond donors (Lipinski definition) is 0. The average Bonchev–Trinajstić information content (AvgIpc) is 2.54. The van der Waals surface area contributed by atoms with E-state index in [-0.39, 0.29) is 6.04 Å². The second-order valence-electron chi connectivity index (χ2n) is 6.18. The summed E-state index contributed by atoms with van der Waals surface area (Å²) < 4.78 is 26.5. The third-order valence-electron chi connectivity index (χ3n) is 4.63. The third kappa shape index (κ3) is 3.58. The first-order valence-corrected chi connectivity index (χ1v) is 10.8. The van der Waals surface area contributed by atoms with Crippen LogP contribution < -0.4 is 4.90 Å². The molecule has 1 aliphatic heterocycles. The van der Waals surface area contributed by atoms with E-state index in [1.54, 1.807) is 4.31 Å². The van der Waals surface area contributed by atoms with Crippen LogP contribution in [0.25, 0.3) is 10.9 Å². The normalized spacial score (nSPS) is 16.9. The van der Waals surface area contributed by atoms with Crippen LogP contribution in [0.15, 0.2) is 34.9 Å². The minimum absolute atomic E-state index is 0.100. The van der Waals surface area contributed by atoms with Crippen LogP contribution in [-0.4, -0.2) is 49.6 Å². The molecular formula is C17H22BrN3O2S. The Balaban J connectivity index is 1.80. The van der Waals surface area contributed by atoms with Gasteiger partial charge in [-0.15, -0.1) is 0 Å². The van der Waals surface area contributed by atoms with Gasteiger partial charge in [0.2, 0.25) is 10.0 Å². The second-order valence-corrected chi connectivity index (χ2v) is 9.03. The van der Waals surface area contributed by atoms with Crippen LogP contribution >= 0.6 is 15.9 Å². The highest BCUT2D eigenvalue weighted by Crippen LogP contribution is 2.30. The summed E-state index contributed by atoms with van der Waals surface area (Å²) in [5.41, 5.74) is 2.14. The van der Waals surface area contributed by atoms with E-state index >= 15 is 0 Å². The molecule has 1 aliphatic rings. The summed E-state index contributed by atoms with van der Waals surface area (Å²) in [5, 5.41) is 1.13. The molecule has 0 spiro atoms. The fraction of sp³-hybridized carbons (Fsp3) is 0.471. The van der Waals surface area contributed by atoms with Crippen LogP contribution in [0, 0.1) is 0 Å². The van der Waals surface area contributed by atoms with Crippen molar-refractivity contribution in [3.05, 3.63) is 34.9 Å². The van der Waals surface area contributed by atoms with Crippen molar-refractivity contribution in [2.45, 2.75) is 25.8 Å². The Bertz CT molecular complexity index is 833. The Morgan fingerprint density at radius 2 is 2.00 bits per heavy atom. The lowest BCUT2D eigenvalue weighted by molar-refractivity contribution is 0.285. The molecule has 0 bridgehead atoms. The number of piperidine rings is 1. The third-order valence-corrected chi connectivity index (χ3v) is 6.53. The summed E-state index contributed by atoms with van der Waals surface area (Å²) >= 11 is 3.49. The molecule has 0 unspecified atom stereocenters. The molecule has 0 atom stereocenters. The maximum Gasteiger partial charge on any atom is 0.211 e. The van der Waals surface area contributed by atoms with Gasteiger partial charge in [0.25, 0.3) is 0 Å². The summed E-state index contributed by atoms with van der Waals surface area (Å²) in [7, 11) is -3.14. The Hall–Kier alpha value is -1.18. The van der Waals surface area contributed by atoms with Gasteiger partial charge in [-0.25, -0.2) is 8.42 Å². The lowest BCUT2D eigenvalue weighted by Crippen LogP contribution is -2.47. The number of anilines is 1. The van der Waals surface area contributed by atoms with Crippen LogP contribution in [-0.2, 0) is 10.0 Å². The summed E-state index contributed by atoms with van der Waals surface area (Å²) in [5.74, 6) is 0. The molecule has 0 amide bonds. The molecule has 7 heteroatoms. The number of fused-ring (bicyclic) bond motifs is 1. The number of sulfonamides is 1. The van der Waals surface area contributed by atoms with E-state index in [1.165, 1.54) is 11.9 Å². The number of aromatic nitrogens is 1. The fourth-order valence-electron chi connectivity index (χ4n) is 3.54. The molecule has 1 aromatic carbocycles. The van der Waals surface area contributed by atoms with Gasteiger partial charge in [0.1, 0.15) is 0 Å². The Morgan fingerprint density at radius 3 is 2.62 bits per heavy atom. The van der Waals surface area contributed by atoms with E-state index in [9.17, 15) is 8.42 Å². The van der Waals surface area contributed by atoms with Crippen LogP contribution in [0.1, 0.15) is 19.8 Å². The number of hydrogen-bond acceptors (Lipinski definition) is 4. The molecular weight excluding hydrogens is 390 g/mol. The lowest BCUT2D eigenvalue weighted by Gasteiger charge is -2.38. The van der Waals surface area contributed by atoms with E-state index in [0.29, 0.717) is 6.54 Å². The summed E-state index contributed by atoms with van der Waals surface area (Å²) in [6, 6.07) is 8.29. The number of pyridine rings is 1. The summed E-state index contributed by atoms with van der Waals surface area (Å²) in [4.78, 5) is 6.78. The number of benzene rings is 1. The molecule has 1 saturated heterocycles. The molecule has 2 heterocycles. The molecule has 0 N–H and O–H groups in total. The fourth-order valence-corrected chi connectivity index (χ4v) is 5.11. The number of halogens is 1. The van der Waals surface area contributed by atoms with Crippen molar-refractivity contribution in [1.82, 2.24) is 9.29 Å². The van der Waals surface area contributed by atoms with E-state index in [4.69, 9.17) is 0 Å². The summed E-state index contributed by atoms with van der Waals surface area (Å²) in [6.45, 7) is 4.15. The second kappa shape index (κ2) is 6.98. The van der Waals surface area contributed by atoms with Crippen LogP contribution in [0.3, 0.4) is 0 Å². The van der Waals surface area contributed by atoms with Crippen molar-refractivity contribution in [2.24, 2.45) is 0 Å². The highest BCUT2D eigenvalue weighted by molar-refractivity contribution is 9.10. The monoisotopic (exact) mass is 411 g/mol. The molecule has 2 aromatic rings. The first kappa shape index (κ1) is 17.6. The molecule has 0 saturated carbocycles. The van der Waals surface area contributed by atoms with Gasteiger partial charge in [0.05, 0.1) is 11.8 Å². The van der Waals surface area contributed by atoms with Crippen molar-refractivity contribution in [3.63, 3.8) is 0 Å². The van der Waals surface area contributed by atoms with Crippen molar-refractivity contribution in [1.29, 1.82) is 0 Å². The van der Waals surface area contributed by atoms with Gasteiger partial charge in [0, 0.05) is 47.4 Å². The molecule has 130 valence electrons. The van der Waals surface area contributed by atoms with E-state index in [2.05, 4.69) is 31.9 Å².